The second-order valence-corrected chi connectivity index (χ2v) is 6.43. The van der Waals surface area contributed by atoms with Crippen molar-refractivity contribution in [1.29, 1.82) is 0 Å². The smallest absolute Gasteiger partial charge is 0.409 e. The average molecular weight is 339 g/mol. The number of aliphatic hydroxyl groups excluding tert-OH is 1. The quantitative estimate of drug-likeness (QED) is 0.934. The predicted molar refractivity (Wildman–Crippen MR) is 93.5 cm³/mol. The highest BCUT2D eigenvalue weighted by Gasteiger charge is 2.30. The van der Waals surface area contributed by atoms with Crippen LogP contribution in [0.25, 0.3) is 11.1 Å². The van der Waals surface area contributed by atoms with Gasteiger partial charge >= 0.3 is 6.09 Å². The SMILES string of the molecule is O=C(OCC1c2ccccc2-c2ccccc21)N1CCO[C@H](CO)C1. The summed E-state index contributed by atoms with van der Waals surface area (Å²) in [6.07, 6.45) is -0.669. The largest absolute Gasteiger partial charge is 0.448 e. The lowest BCUT2D eigenvalue weighted by Gasteiger charge is -2.31. The average Bonchev–Trinajstić information content (AvgIpc) is 3.00. The summed E-state index contributed by atoms with van der Waals surface area (Å²) in [5.41, 5.74) is 4.83. The Morgan fingerprint density at radius 2 is 1.76 bits per heavy atom. The molecule has 2 aromatic carbocycles. The van der Waals surface area contributed by atoms with E-state index in [4.69, 9.17) is 9.47 Å². The van der Waals surface area contributed by atoms with Gasteiger partial charge in [0.1, 0.15) is 6.61 Å². The van der Waals surface area contributed by atoms with Crippen molar-refractivity contribution in [1.82, 2.24) is 4.90 Å². The van der Waals surface area contributed by atoms with Gasteiger partial charge in [-0.25, -0.2) is 4.79 Å². The van der Waals surface area contributed by atoms with Crippen LogP contribution in [0, 0.1) is 0 Å². The van der Waals surface area contributed by atoms with Crippen LogP contribution in [0.15, 0.2) is 48.5 Å². The van der Waals surface area contributed by atoms with E-state index in [-0.39, 0.29) is 24.7 Å². The lowest BCUT2D eigenvalue weighted by atomic mass is 9.98. The number of benzene rings is 2. The van der Waals surface area contributed by atoms with E-state index >= 15 is 0 Å². The maximum absolute atomic E-state index is 12.4. The highest BCUT2D eigenvalue weighted by atomic mass is 16.6. The molecule has 0 bridgehead atoms. The van der Waals surface area contributed by atoms with Crippen molar-refractivity contribution in [3.63, 3.8) is 0 Å². The predicted octanol–water partition coefficient (Wildman–Crippen LogP) is 2.63. The van der Waals surface area contributed by atoms with Crippen molar-refractivity contribution in [2.45, 2.75) is 12.0 Å². The Morgan fingerprint density at radius 1 is 1.12 bits per heavy atom. The van der Waals surface area contributed by atoms with Crippen LogP contribution in [0.5, 0.6) is 0 Å². The molecule has 2 aromatic rings. The molecule has 5 nitrogen and oxygen atoms in total. The number of morpholine rings is 1. The fourth-order valence-corrected chi connectivity index (χ4v) is 3.68. The van der Waals surface area contributed by atoms with Gasteiger partial charge < -0.3 is 19.5 Å². The molecule has 2 aliphatic rings. The van der Waals surface area contributed by atoms with Crippen molar-refractivity contribution in [2.24, 2.45) is 0 Å². The van der Waals surface area contributed by atoms with Crippen LogP contribution >= 0.6 is 0 Å². The molecule has 1 heterocycles. The number of carbonyl (C=O) groups excluding carboxylic acids is 1. The minimum atomic E-state index is -0.344. The zero-order valence-electron chi connectivity index (χ0n) is 13.9. The number of carbonyl (C=O) groups is 1. The second-order valence-electron chi connectivity index (χ2n) is 6.43. The number of hydrogen-bond acceptors (Lipinski definition) is 4. The first-order valence-corrected chi connectivity index (χ1v) is 8.60. The summed E-state index contributed by atoms with van der Waals surface area (Å²) in [7, 11) is 0. The number of rotatable bonds is 3. The number of nitrogens with zero attached hydrogens (tertiary/aromatic N) is 1. The number of ether oxygens (including phenoxy) is 2. The highest BCUT2D eigenvalue weighted by Crippen LogP contribution is 2.44. The summed E-state index contributed by atoms with van der Waals surface area (Å²) >= 11 is 0. The molecule has 25 heavy (non-hydrogen) atoms. The van der Waals surface area contributed by atoms with E-state index in [1.54, 1.807) is 4.90 Å². The van der Waals surface area contributed by atoms with E-state index in [0.717, 1.165) is 0 Å². The van der Waals surface area contributed by atoms with Gasteiger partial charge in [0, 0.05) is 12.5 Å². The Hall–Kier alpha value is -2.37. The Kier molecular flexibility index (Phi) is 4.42. The van der Waals surface area contributed by atoms with Crippen molar-refractivity contribution >= 4 is 6.09 Å². The Balaban J connectivity index is 1.49. The molecule has 0 radical (unpaired) electrons. The number of amides is 1. The molecule has 1 N–H and O–H groups in total. The molecule has 1 fully saturated rings. The van der Waals surface area contributed by atoms with E-state index in [1.807, 2.05) is 24.3 Å². The molecule has 0 aromatic heterocycles. The fourth-order valence-electron chi connectivity index (χ4n) is 3.68. The molecule has 0 unspecified atom stereocenters. The van der Waals surface area contributed by atoms with Crippen LogP contribution in [0.1, 0.15) is 17.0 Å². The van der Waals surface area contributed by atoms with Gasteiger partial charge in [-0.3, -0.25) is 0 Å². The van der Waals surface area contributed by atoms with E-state index in [1.165, 1.54) is 22.3 Å². The maximum atomic E-state index is 12.4. The molecule has 1 aliphatic heterocycles. The minimum Gasteiger partial charge on any atom is -0.448 e. The third kappa shape index (κ3) is 3.01. The monoisotopic (exact) mass is 339 g/mol. The van der Waals surface area contributed by atoms with Crippen LogP contribution in [-0.4, -0.2) is 55.1 Å². The first kappa shape index (κ1) is 16.1. The summed E-state index contributed by atoms with van der Waals surface area (Å²) < 4.78 is 11.0. The molecule has 4 rings (SSSR count). The van der Waals surface area contributed by atoms with E-state index in [2.05, 4.69) is 24.3 Å². The van der Waals surface area contributed by atoms with Crippen molar-refractivity contribution in [3.05, 3.63) is 59.7 Å². The van der Waals surface area contributed by atoms with E-state index in [9.17, 15) is 9.90 Å². The molecule has 130 valence electrons. The summed E-state index contributed by atoms with van der Waals surface area (Å²) in [6.45, 7) is 1.51. The van der Waals surface area contributed by atoms with Gasteiger partial charge in [0.15, 0.2) is 0 Å². The van der Waals surface area contributed by atoms with Gasteiger partial charge in [-0.2, -0.15) is 0 Å². The molecule has 1 saturated heterocycles. The number of fused-ring (bicyclic) bond motifs is 3. The maximum Gasteiger partial charge on any atom is 0.409 e. The van der Waals surface area contributed by atoms with Crippen LogP contribution in [0.3, 0.4) is 0 Å². The topological polar surface area (TPSA) is 59.0 Å². The van der Waals surface area contributed by atoms with Gasteiger partial charge in [0.25, 0.3) is 0 Å². The Labute approximate surface area is 146 Å². The van der Waals surface area contributed by atoms with Crippen LogP contribution in [0.4, 0.5) is 4.79 Å². The first-order chi connectivity index (χ1) is 12.3. The number of hydrogen-bond donors (Lipinski definition) is 1. The molecule has 1 amide bonds. The third-order valence-corrected chi connectivity index (χ3v) is 4.94. The normalized spacial score (nSPS) is 19.4. The van der Waals surface area contributed by atoms with Crippen LogP contribution in [0.2, 0.25) is 0 Å². The van der Waals surface area contributed by atoms with Crippen molar-refractivity contribution < 1.29 is 19.4 Å². The third-order valence-electron chi connectivity index (χ3n) is 4.94. The summed E-state index contributed by atoms with van der Waals surface area (Å²) in [4.78, 5) is 14.0. The standard InChI is InChI=1S/C20H21NO4/c22-12-14-11-21(9-10-24-14)20(23)25-13-19-17-7-3-1-5-15(17)16-6-2-4-8-18(16)19/h1-8,14,19,22H,9-13H2/t14-/m0/s1. The molecular weight excluding hydrogens is 318 g/mol. The van der Waals surface area contributed by atoms with Gasteiger partial charge in [-0.05, 0) is 22.3 Å². The van der Waals surface area contributed by atoms with Crippen molar-refractivity contribution in [2.75, 3.05) is 32.9 Å². The van der Waals surface area contributed by atoms with Gasteiger partial charge in [-0.1, -0.05) is 48.5 Å². The van der Waals surface area contributed by atoms with Gasteiger partial charge in [0.2, 0.25) is 0 Å². The molecule has 0 spiro atoms. The molecular formula is C20H21NO4. The first-order valence-electron chi connectivity index (χ1n) is 8.60. The zero-order chi connectivity index (χ0) is 17.2. The van der Waals surface area contributed by atoms with Crippen LogP contribution in [-0.2, 0) is 9.47 Å². The summed E-state index contributed by atoms with van der Waals surface area (Å²) in [6, 6.07) is 16.5. The fraction of sp³-hybridized carbons (Fsp3) is 0.350. The lowest BCUT2D eigenvalue weighted by molar-refractivity contribution is -0.0497. The van der Waals surface area contributed by atoms with Crippen molar-refractivity contribution in [3.8, 4) is 11.1 Å². The van der Waals surface area contributed by atoms with Crippen LogP contribution < -0.4 is 0 Å². The second kappa shape index (κ2) is 6.86. The summed E-state index contributed by atoms with van der Waals surface area (Å²) in [5, 5.41) is 9.21. The Bertz CT molecular complexity index is 730. The van der Waals surface area contributed by atoms with E-state index < -0.39 is 0 Å². The molecule has 1 atom stereocenters. The van der Waals surface area contributed by atoms with Gasteiger partial charge in [-0.15, -0.1) is 0 Å². The molecule has 5 heteroatoms. The van der Waals surface area contributed by atoms with E-state index in [0.29, 0.717) is 26.3 Å². The highest BCUT2D eigenvalue weighted by molar-refractivity contribution is 5.79. The minimum absolute atomic E-state index is 0.0611. The zero-order valence-corrected chi connectivity index (χ0v) is 13.9. The molecule has 0 saturated carbocycles. The molecule has 1 aliphatic carbocycles. The number of aliphatic hydroxyl groups is 1. The van der Waals surface area contributed by atoms with Gasteiger partial charge in [0.05, 0.1) is 25.9 Å². The Morgan fingerprint density at radius 3 is 2.40 bits per heavy atom. The lowest BCUT2D eigenvalue weighted by Crippen LogP contribution is -2.47. The summed E-state index contributed by atoms with van der Waals surface area (Å²) in [5.74, 6) is 0.0611.